The van der Waals surface area contributed by atoms with Gasteiger partial charge in [-0.2, -0.15) is 0 Å². The average molecular weight is 619 g/mol. The van der Waals surface area contributed by atoms with Crippen LogP contribution in [0.4, 0.5) is 0 Å². The van der Waals surface area contributed by atoms with E-state index in [4.69, 9.17) is 14.9 Å². The van der Waals surface area contributed by atoms with Gasteiger partial charge in [0.05, 0.1) is 5.69 Å². The number of carbonyl (C=O) groups is 2. The Hall–Kier alpha value is -4.50. The van der Waals surface area contributed by atoms with E-state index in [1.807, 2.05) is 24.3 Å². The highest BCUT2D eigenvalue weighted by Gasteiger charge is 2.17. The summed E-state index contributed by atoms with van der Waals surface area (Å²) in [6.07, 6.45) is 5.75. The van der Waals surface area contributed by atoms with Crippen LogP contribution >= 0.6 is 0 Å². The highest BCUT2D eigenvalue weighted by atomic mass is 16.5. The number of fused-ring (bicyclic) bond motifs is 1. The molecule has 1 aliphatic rings. The fourth-order valence-corrected chi connectivity index (χ4v) is 5.19. The number of hydrogen-bond acceptors (Lipinski definition) is 6. The quantitative estimate of drug-likeness (QED) is 0.154. The fraction of sp³-hybridized carbons (Fsp3) is 0.389. The molecular formula is C36H46N2O7. The topological polar surface area (TPSA) is 132 Å². The number of aryl methyl sites for hydroxylation is 1. The van der Waals surface area contributed by atoms with Gasteiger partial charge < -0.3 is 29.7 Å². The Labute approximate surface area is 265 Å². The molecule has 4 N–H and O–H groups in total. The minimum Gasteiger partial charge on any atom is -0.508 e. The number of phenolic OH excluding ortho intramolecular Hbond substituents is 2. The van der Waals surface area contributed by atoms with E-state index in [-0.39, 0.29) is 24.3 Å². The third-order valence-electron chi connectivity index (χ3n) is 7.68. The van der Waals surface area contributed by atoms with Crippen molar-refractivity contribution >= 4 is 22.8 Å². The Balaban J connectivity index is 0.000000482. The minimum atomic E-state index is -0.745. The summed E-state index contributed by atoms with van der Waals surface area (Å²) in [4.78, 5) is 21.3. The van der Waals surface area contributed by atoms with Gasteiger partial charge in [-0.05, 0) is 104 Å². The second-order valence-electron chi connectivity index (χ2n) is 11.1. The predicted molar refractivity (Wildman–Crippen MR) is 177 cm³/mol. The molecule has 1 fully saturated rings. The van der Waals surface area contributed by atoms with E-state index in [0.717, 1.165) is 46.6 Å². The lowest BCUT2D eigenvalue weighted by Gasteiger charge is -2.19. The largest absolute Gasteiger partial charge is 0.508 e. The average Bonchev–Trinajstić information content (AvgIpc) is 3.17. The van der Waals surface area contributed by atoms with E-state index in [1.54, 1.807) is 32.0 Å². The van der Waals surface area contributed by atoms with Gasteiger partial charge >= 0.3 is 11.9 Å². The molecule has 0 saturated carbocycles. The number of benzene rings is 3. The zero-order valence-electron chi connectivity index (χ0n) is 26.5. The van der Waals surface area contributed by atoms with Crippen molar-refractivity contribution < 1.29 is 34.8 Å². The highest BCUT2D eigenvalue weighted by Crippen LogP contribution is 2.36. The Morgan fingerprint density at radius 2 is 1.33 bits per heavy atom. The van der Waals surface area contributed by atoms with Crippen LogP contribution in [0, 0.1) is 6.92 Å². The lowest BCUT2D eigenvalue weighted by molar-refractivity contribution is -0.137. The van der Waals surface area contributed by atoms with E-state index in [2.05, 4.69) is 40.7 Å². The number of carboxylic acid groups (broad SMARTS) is 2. The van der Waals surface area contributed by atoms with Crippen LogP contribution in [-0.4, -0.2) is 68.1 Å². The molecule has 4 aromatic rings. The fourth-order valence-electron chi connectivity index (χ4n) is 5.19. The maximum atomic E-state index is 10.1. The number of carboxylic acids is 2. The molecule has 0 unspecified atom stereocenters. The van der Waals surface area contributed by atoms with Crippen molar-refractivity contribution in [3.8, 4) is 28.5 Å². The van der Waals surface area contributed by atoms with Crippen molar-refractivity contribution in [2.24, 2.45) is 0 Å². The number of likely N-dealkylation sites (tertiary alicyclic amines) is 1. The second kappa shape index (κ2) is 17.7. The Morgan fingerprint density at radius 1 is 0.778 bits per heavy atom. The molecule has 242 valence electrons. The summed E-state index contributed by atoms with van der Waals surface area (Å²) in [5.74, 6) is -0.0781. The van der Waals surface area contributed by atoms with Crippen molar-refractivity contribution in [2.75, 3.05) is 26.2 Å². The molecule has 2 heterocycles. The van der Waals surface area contributed by atoms with Gasteiger partial charge in [0.25, 0.3) is 0 Å². The third-order valence-corrected chi connectivity index (χ3v) is 7.68. The van der Waals surface area contributed by atoms with Gasteiger partial charge in [0.1, 0.15) is 23.9 Å². The van der Waals surface area contributed by atoms with Crippen LogP contribution in [0.5, 0.6) is 17.2 Å². The van der Waals surface area contributed by atoms with Crippen molar-refractivity contribution in [3.05, 3.63) is 77.9 Å². The van der Waals surface area contributed by atoms with Gasteiger partial charge in [0.2, 0.25) is 0 Å². The number of nitrogens with zero attached hydrogens (tertiary/aromatic N) is 2. The summed E-state index contributed by atoms with van der Waals surface area (Å²) in [5.41, 5.74) is 5.47. The molecule has 3 aromatic carbocycles. The normalized spacial score (nSPS) is 13.1. The standard InChI is InChI=1S/C30H34N2O3.2C3H6O2/c1-22-28-20-26(34)12-15-29(28)32(30(22)24-8-10-25(33)11-9-24)21-23-6-13-27(14-7-23)35-19-18-31-16-4-2-3-5-17-31;2*1-2-3(4)5/h6-15,20,33-34H,2-5,16-19,21H2,1H3;2*2H2,1H3,(H,4,5). The first-order chi connectivity index (χ1) is 21.6. The maximum absolute atomic E-state index is 10.1. The number of hydrogen-bond donors (Lipinski definition) is 4. The highest BCUT2D eigenvalue weighted by molar-refractivity contribution is 5.92. The number of phenols is 2. The van der Waals surface area contributed by atoms with Gasteiger partial charge in [-0.1, -0.05) is 38.8 Å². The number of aromatic hydroxyl groups is 2. The molecule has 5 rings (SSSR count). The van der Waals surface area contributed by atoms with Gasteiger partial charge in [-0.3, -0.25) is 14.5 Å². The maximum Gasteiger partial charge on any atom is 0.303 e. The van der Waals surface area contributed by atoms with Crippen LogP contribution in [0.3, 0.4) is 0 Å². The molecule has 0 radical (unpaired) electrons. The summed E-state index contributed by atoms with van der Waals surface area (Å²) >= 11 is 0. The molecule has 0 amide bonds. The Morgan fingerprint density at radius 3 is 1.89 bits per heavy atom. The first-order valence-corrected chi connectivity index (χ1v) is 15.6. The molecule has 0 aliphatic carbocycles. The molecular weight excluding hydrogens is 572 g/mol. The van der Waals surface area contributed by atoms with Crippen LogP contribution in [0.1, 0.15) is 63.5 Å². The number of aromatic nitrogens is 1. The number of ether oxygens (including phenoxy) is 1. The zero-order chi connectivity index (χ0) is 32.8. The SMILES string of the molecule is CCC(=O)O.CCC(=O)O.Cc1c(-c2ccc(O)cc2)n(Cc2ccc(OCCN3CCCCCC3)cc2)c2ccc(O)cc12. The number of rotatable bonds is 9. The Kier molecular flexibility index (Phi) is 13.8. The van der Waals surface area contributed by atoms with Crippen LogP contribution in [-0.2, 0) is 16.1 Å². The molecule has 45 heavy (non-hydrogen) atoms. The van der Waals surface area contributed by atoms with Crippen LogP contribution in [0.2, 0.25) is 0 Å². The van der Waals surface area contributed by atoms with Crippen molar-refractivity contribution in [1.29, 1.82) is 0 Å². The molecule has 0 atom stereocenters. The van der Waals surface area contributed by atoms with Gasteiger partial charge in [-0.15, -0.1) is 0 Å². The molecule has 1 saturated heterocycles. The summed E-state index contributed by atoms with van der Waals surface area (Å²) < 4.78 is 8.33. The first kappa shape index (κ1) is 35.0. The summed E-state index contributed by atoms with van der Waals surface area (Å²) in [6.45, 7) is 10.1. The number of aliphatic carboxylic acids is 2. The minimum absolute atomic E-state index is 0.222. The molecule has 9 nitrogen and oxygen atoms in total. The van der Waals surface area contributed by atoms with Crippen molar-refractivity contribution in [2.45, 2.75) is 65.8 Å². The summed E-state index contributed by atoms with van der Waals surface area (Å²) in [7, 11) is 0. The second-order valence-corrected chi connectivity index (χ2v) is 11.1. The smallest absolute Gasteiger partial charge is 0.303 e. The predicted octanol–water partition coefficient (Wildman–Crippen LogP) is 7.29. The third kappa shape index (κ3) is 10.9. The van der Waals surface area contributed by atoms with Gasteiger partial charge in [-0.25, -0.2) is 0 Å². The molecule has 0 bridgehead atoms. The van der Waals surface area contributed by atoms with Gasteiger partial charge in [0, 0.05) is 36.8 Å². The first-order valence-electron chi connectivity index (χ1n) is 15.6. The van der Waals surface area contributed by atoms with Crippen LogP contribution in [0.25, 0.3) is 22.2 Å². The molecule has 9 heteroatoms. The monoisotopic (exact) mass is 618 g/mol. The molecule has 1 aromatic heterocycles. The van der Waals surface area contributed by atoms with Crippen LogP contribution in [0.15, 0.2) is 66.7 Å². The van der Waals surface area contributed by atoms with E-state index in [1.165, 1.54) is 44.3 Å². The Bertz CT molecular complexity index is 1490. The zero-order valence-corrected chi connectivity index (χ0v) is 26.5. The van der Waals surface area contributed by atoms with Gasteiger partial charge in [0.15, 0.2) is 0 Å². The molecule has 0 spiro atoms. The van der Waals surface area contributed by atoms with E-state index < -0.39 is 11.9 Å². The van der Waals surface area contributed by atoms with E-state index >= 15 is 0 Å². The van der Waals surface area contributed by atoms with Crippen molar-refractivity contribution in [1.82, 2.24) is 9.47 Å². The van der Waals surface area contributed by atoms with Crippen molar-refractivity contribution in [3.63, 3.8) is 0 Å². The van der Waals surface area contributed by atoms with E-state index in [0.29, 0.717) is 6.54 Å². The molecule has 1 aliphatic heterocycles. The van der Waals surface area contributed by atoms with E-state index in [9.17, 15) is 19.8 Å². The lowest BCUT2D eigenvalue weighted by Crippen LogP contribution is -2.29. The summed E-state index contributed by atoms with van der Waals surface area (Å²) in [6, 6.07) is 21.2. The summed E-state index contributed by atoms with van der Waals surface area (Å²) in [5, 5.41) is 36.3. The lowest BCUT2D eigenvalue weighted by atomic mass is 10.1. The van der Waals surface area contributed by atoms with Crippen LogP contribution < -0.4 is 4.74 Å².